The summed E-state index contributed by atoms with van der Waals surface area (Å²) in [6.45, 7) is 6.46. The molecule has 142 valence electrons. The zero-order valence-corrected chi connectivity index (χ0v) is 15.7. The van der Waals surface area contributed by atoms with Gasteiger partial charge in [0.25, 0.3) is 5.91 Å². The first-order valence-electron chi connectivity index (χ1n) is 9.13. The van der Waals surface area contributed by atoms with Crippen molar-refractivity contribution in [2.45, 2.75) is 52.6 Å². The molecule has 0 unspecified atom stereocenters. The number of amides is 1. The van der Waals surface area contributed by atoms with Crippen LogP contribution in [0.15, 0.2) is 12.1 Å². The molecule has 0 aromatic carbocycles. The van der Waals surface area contributed by atoms with Crippen molar-refractivity contribution in [2.24, 2.45) is 11.3 Å². The minimum atomic E-state index is -0.422. The van der Waals surface area contributed by atoms with Crippen LogP contribution in [-0.2, 0) is 14.3 Å². The summed E-state index contributed by atoms with van der Waals surface area (Å²) in [4.78, 5) is 30.0. The highest BCUT2D eigenvalue weighted by molar-refractivity contribution is 6.00. The van der Waals surface area contributed by atoms with Crippen molar-refractivity contribution in [3.8, 4) is 5.75 Å². The van der Waals surface area contributed by atoms with E-state index in [1.54, 1.807) is 12.1 Å². The lowest BCUT2D eigenvalue weighted by Gasteiger charge is -2.36. The van der Waals surface area contributed by atoms with Crippen LogP contribution in [0.3, 0.4) is 0 Å². The van der Waals surface area contributed by atoms with Gasteiger partial charge in [0.15, 0.2) is 18.2 Å². The lowest BCUT2D eigenvalue weighted by atomic mass is 9.72. The average Bonchev–Trinajstić information content (AvgIpc) is 2.57. The number of ether oxygens (including phenoxy) is 2. The zero-order valence-electron chi connectivity index (χ0n) is 15.7. The lowest BCUT2D eigenvalue weighted by molar-refractivity contribution is -0.150. The molecule has 1 saturated carbocycles. The number of nitrogens with two attached hydrogens (primary N) is 1. The quantitative estimate of drug-likeness (QED) is 0.832. The summed E-state index contributed by atoms with van der Waals surface area (Å²) >= 11 is 0. The molecule has 1 aliphatic carbocycles. The Hall–Kier alpha value is -2.31. The van der Waals surface area contributed by atoms with Gasteiger partial charge in [-0.15, -0.1) is 0 Å². The van der Waals surface area contributed by atoms with Gasteiger partial charge in [0.2, 0.25) is 0 Å². The highest BCUT2D eigenvalue weighted by atomic mass is 16.5. The first-order valence-corrected chi connectivity index (χ1v) is 9.13. The number of pyridine rings is 1. The number of nitrogen functional groups attached to an aromatic ring is 1. The normalized spacial score (nSPS) is 23.2. The molecule has 0 atom stereocenters. The van der Waals surface area contributed by atoms with E-state index in [1.165, 1.54) is 4.90 Å². The standard InChI is InChI=1S/C19H27N3O4/c1-19(2,3)12-4-6-13(7-5-12)26-17(24)10-22-16(23)11-25-14-8-9-15(20)21-18(14)22/h8-9,12-13H,4-7,10-11H2,1-3H3,(H2,20,21). The molecular weight excluding hydrogens is 334 g/mol. The SMILES string of the molecule is CC(C)(C)C1CCC(OC(=O)CN2C(=O)COc3ccc(N)nc32)CC1. The van der Waals surface area contributed by atoms with Crippen molar-refractivity contribution >= 4 is 23.5 Å². The van der Waals surface area contributed by atoms with Crippen LogP contribution in [0.2, 0.25) is 0 Å². The number of hydrogen-bond donors (Lipinski definition) is 1. The number of carbonyl (C=O) groups is 2. The van der Waals surface area contributed by atoms with E-state index in [1.807, 2.05) is 0 Å². The number of fused-ring (bicyclic) bond motifs is 1. The number of anilines is 2. The van der Waals surface area contributed by atoms with Gasteiger partial charge in [-0.2, -0.15) is 0 Å². The molecule has 1 aliphatic heterocycles. The van der Waals surface area contributed by atoms with Gasteiger partial charge >= 0.3 is 5.97 Å². The summed E-state index contributed by atoms with van der Waals surface area (Å²) in [7, 11) is 0. The summed E-state index contributed by atoms with van der Waals surface area (Å²) in [6.07, 6.45) is 3.77. The first kappa shape index (κ1) is 18.5. The van der Waals surface area contributed by atoms with Crippen LogP contribution in [0.5, 0.6) is 5.75 Å². The van der Waals surface area contributed by atoms with Crippen molar-refractivity contribution in [1.82, 2.24) is 4.98 Å². The maximum absolute atomic E-state index is 12.4. The van der Waals surface area contributed by atoms with E-state index in [-0.39, 0.29) is 42.2 Å². The van der Waals surface area contributed by atoms with Crippen LogP contribution in [0, 0.1) is 11.3 Å². The molecule has 0 spiro atoms. The molecule has 0 saturated heterocycles. The fraction of sp³-hybridized carbons (Fsp3) is 0.632. The largest absolute Gasteiger partial charge is 0.480 e. The van der Waals surface area contributed by atoms with E-state index < -0.39 is 5.97 Å². The Morgan fingerprint density at radius 1 is 1.31 bits per heavy atom. The third kappa shape index (κ3) is 4.08. The summed E-state index contributed by atoms with van der Waals surface area (Å²) in [6, 6.07) is 3.25. The predicted molar refractivity (Wildman–Crippen MR) is 97.8 cm³/mol. The molecule has 0 radical (unpaired) electrons. The molecule has 3 rings (SSSR count). The Balaban J connectivity index is 1.59. The smallest absolute Gasteiger partial charge is 0.326 e. The third-order valence-electron chi connectivity index (χ3n) is 5.25. The van der Waals surface area contributed by atoms with Crippen LogP contribution >= 0.6 is 0 Å². The molecule has 1 aromatic heterocycles. The van der Waals surface area contributed by atoms with E-state index in [0.29, 0.717) is 11.7 Å². The Morgan fingerprint density at radius 2 is 2.00 bits per heavy atom. The van der Waals surface area contributed by atoms with Crippen molar-refractivity contribution in [3.63, 3.8) is 0 Å². The Kier molecular flexibility index (Phi) is 5.07. The van der Waals surface area contributed by atoms with Gasteiger partial charge in [-0.25, -0.2) is 4.98 Å². The summed E-state index contributed by atoms with van der Waals surface area (Å²) in [5.41, 5.74) is 5.98. The first-order chi connectivity index (χ1) is 12.2. The molecule has 1 aromatic rings. The van der Waals surface area contributed by atoms with Crippen LogP contribution < -0.4 is 15.4 Å². The van der Waals surface area contributed by atoms with Gasteiger partial charge in [0.1, 0.15) is 18.5 Å². The van der Waals surface area contributed by atoms with Crippen molar-refractivity contribution < 1.29 is 19.1 Å². The minimum Gasteiger partial charge on any atom is -0.480 e. The van der Waals surface area contributed by atoms with Gasteiger partial charge in [0.05, 0.1) is 0 Å². The molecular formula is C19H27N3O4. The third-order valence-corrected chi connectivity index (χ3v) is 5.25. The molecule has 1 fully saturated rings. The Bertz CT molecular complexity index is 691. The topological polar surface area (TPSA) is 94.8 Å². The zero-order chi connectivity index (χ0) is 18.9. The number of nitrogens with zero attached hydrogens (tertiary/aromatic N) is 2. The highest BCUT2D eigenvalue weighted by Gasteiger charge is 2.33. The average molecular weight is 361 g/mol. The molecule has 2 heterocycles. The maximum atomic E-state index is 12.4. The predicted octanol–water partition coefficient (Wildman–Crippen LogP) is 2.54. The van der Waals surface area contributed by atoms with Crippen LogP contribution in [0.1, 0.15) is 46.5 Å². The van der Waals surface area contributed by atoms with Crippen LogP contribution in [0.25, 0.3) is 0 Å². The molecule has 26 heavy (non-hydrogen) atoms. The molecule has 2 aliphatic rings. The number of aromatic nitrogens is 1. The lowest BCUT2D eigenvalue weighted by Crippen LogP contribution is -2.44. The molecule has 1 amide bonds. The van der Waals surface area contributed by atoms with Gasteiger partial charge < -0.3 is 15.2 Å². The molecule has 7 heteroatoms. The summed E-state index contributed by atoms with van der Waals surface area (Å²) < 4.78 is 11.0. The second kappa shape index (κ2) is 7.13. The fourth-order valence-corrected chi connectivity index (χ4v) is 3.65. The van der Waals surface area contributed by atoms with E-state index in [4.69, 9.17) is 15.2 Å². The number of carbonyl (C=O) groups excluding carboxylic acids is 2. The second-order valence-corrected chi connectivity index (χ2v) is 8.16. The van der Waals surface area contributed by atoms with Gasteiger partial charge in [-0.1, -0.05) is 20.8 Å². The van der Waals surface area contributed by atoms with Crippen LogP contribution in [0.4, 0.5) is 11.6 Å². The number of hydrogen-bond acceptors (Lipinski definition) is 6. The van der Waals surface area contributed by atoms with E-state index in [2.05, 4.69) is 25.8 Å². The monoisotopic (exact) mass is 361 g/mol. The Morgan fingerprint density at radius 3 is 2.65 bits per heavy atom. The van der Waals surface area contributed by atoms with Gasteiger partial charge in [0, 0.05) is 0 Å². The summed E-state index contributed by atoms with van der Waals surface area (Å²) in [5, 5.41) is 0. The van der Waals surface area contributed by atoms with E-state index in [9.17, 15) is 9.59 Å². The molecule has 7 nitrogen and oxygen atoms in total. The van der Waals surface area contributed by atoms with E-state index >= 15 is 0 Å². The van der Waals surface area contributed by atoms with E-state index in [0.717, 1.165) is 25.7 Å². The molecule has 0 bridgehead atoms. The minimum absolute atomic E-state index is 0.0782. The highest BCUT2D eigenvalue weighted by Crippen LogP contribution is 2.38. The number of rotatable bonds is 3. The van der Waals surface area contributed by atoms with Crippen molar-refractivity contribution in [2.75, 3.05) is 23.8 Å². The molecule has 2 N–H and O–H groups in total. The van der Waals surface area contributed by atoms with Crippen molar-refractivity contribution in [3.05, 3.63) is 12.1 Å². The maximum Gasteiger partial charge on any atom is 0.326 e. The number of esters is 1. The van der Waals surface area contributed by atoms with Gasteiger partial charge in [-0.05, 0) is 49.1 Å². The summed E-state index contributed by atoms with van der Waals surface area (Å²) in [5.74, 6) is 0.879. The van der Waals surface area contributed by atoms with Crippen molar-refractivity contribution in [1.29, 1.82) is 0 Å². The fourth-order valence-electron chi connectivity index (χ4n) is 3.65. The van der Waals surface area contributed by atoms with Gasteiger partial charge in [-0.3, -0.25) is 14.5 Å². The second-order valence-electron chi connectivity index (χ2n) is 8.16. The van der Waals surface area contributed by atoms with Crippen LogP contribution in [-0.4, -0.2) is 36.1 Å². The Labute approximate surface area is 153 Å².